The van der Waals surface area contributed by atoms with E-state index in [2.05, 4.69) is 20.4 Å². The second-order valence-electron chi connectivity index (χ2n) is 7.36. The number of piperidine rings is 1. The summed E-state index contributed by atoms with van der Waals surface area (Å²) in [4.78, 5) is 19.1. The van der Waals surface area contributed by atoms with Crippen LogP contribution in [0.2, 0.25) is 0 Å². The van der Waals surface area contributed by atoms with Gasteiger partial charge in [-0.05, 0) is 50.6 Å². The summed E-state index contributed by atoms with van der Waals surface area (Å²) in [5, 5.41) is 6.95. The Morgan fingerprint density at radius 3 is 2.86 bits per heavy atom. The maximum Gasteiger partial charge on any atom is 0.244 e. The van der Waals surface area contributed by atoms with E-state index in [9.17, 15) is 9.18 Å². The van der Waals surface area contributed by atoms with Gasteiger partial charge in [0.05, 0.1) is 12.6 Å². The van der Waals surface area contributed by atoms with Crippen LogP contribution in [0.15, 0.2) is 53.1 Å². The summed E-state index contributed by atoms with van der Waals surface area (Å²) >= 11 is 0. The number of carbonyl (C=O) groups excluding carboxylic acids is 1. The molecular formula is C22H23FN4O2. The summed E-state index contributed by atoms with van der Waals surface area (Å²) in [5.74, 6) is 0.396. The molecule has 6 nitrogen and oxygen atoms in total. The Morgan fingerprint density at radius 2 is 2.07 bits per heavy atom. The van der Waals surface area contributed by atoms with E-state index < -0.39 is 0 Å². The lowest BCUT2D eigenvalue weighted by molar-refractivity contribution is -0.118. The van der Waals surface area contributed by atoms with Crippen LogP contribution in [-0.4, -0.2) is 34.0 Å². The van der Waals surface area contributed by atoms with Gasteiger partial charge in [0.15, 0.2) is 0 Å². The molecule has 0 aliphatic carbocycles. The summed E-state index contributed by atoms with van der Waals surface area (Å²) in [5.41, 5.74) is 2.49. The molecular weight excluding hydrogens is 371 g/mol. The minimum atomic E-state index is -0.346. The molecule has 1 N–H and O–H groups in total. The van der Waals surface area contributed by atoms with Gasteiger partial charge in [0.25, 0.3) is 0 Å². The van der Waals surface area contributed by atoms with Crippen LogP contribution < -0.4 is 5.32 Å². The van der Waals surface area contributed by atoms with Gasteiger partial charge in [-0.1, -0.05) is 41.4 Å². The highest BCUT2D eigenvalue weighted by molar-refractivity contribution is 5.92. The molecule has 1 atom stereocenters. The van der Waals surface area contributed by atoms with Crippen LogP contribution in [0.1, 0.15) is 36.8 Å². The minimum absolute atomic E-state index is 0.0781. The maximum absolute atomic E-state index is 13.5. The maximum atomic E-state index is 13.5. The van der Waals surface area contributed by atoms with Crippen molar-refractivity contribution in [2.24, 2.45) is 0 Å². The fraction of sp³-hybridized carbons (Fsp3) is 0.318. The lowest BCUT2D eigenvalue weighted by atomic mass is 10.0. The molecule has 0 spiro atoms. The van der Waals surface area contributed by atoms with Crippen LogP contribution in [-0.2, 0) is 4.79 Å². The highest BCUT2D eigenvalue weighted by Gasteiger charge is 2.30. The Hall–Kier alpha value is -3.06. The number of amides is 1. The number of nitrogens with zero attached hydrogens (tertiary/aromatic N) is 3. The molecule has 1 amide bonds. The van der Waals surface area contributed by atoms with Crippen molar-refractivity contribution < 1.29 is 13.7 Å². The van der Waals surface area contributed by atoms with Crippen LogP contribution in [0, 0.1) is 12.7 Å². The second-order valence-corrected chi connectivity index (χ2v) is 7.36. The zero-order valence-corrected chi connectivity index (χ0v) is 16.3. The van der Waals surface area contributed by atoms with Crippen LogP contribution in [0.4, 0.5) is 10.1 Å². The van der Waals surface area contributed by atoms with E-state index in [1.807, 2.05) is 31.2 Å². The van der Waals surface area contributed by atoms with Gasteiger partial charge >= 0.3 is 0 Å². The highest BCUT2D eigenvalue weighted by Crippen LogP contribution is 2.31. The number of hydrogen-bond donors (Lipinski definition) is 1. The van der Waals surface area contributed by atoms with E-state index in [4.69, 9.17) is 4.52 Å². The summed E-state index contributed by atoms with van der Waals surface area (Å²) < 4.78 is 19.0. The van der Waals surface area contributed by atoms with Crippen molar-refractivity contribution >= 4 is 11.6 Å². The van der Waals surface area contributed by atoms with Gasteiger partial charge < -0.3 is 9.84 Å². The zero-order chi connectivity index (χ0) is 20.2. The van der Waals surface area contributed by atoms with Crippen molar-refractivity contribution in [3.05, 3.63) is 65.8 Å². The summed E-state index contributed by atoms with van der Waals surface area (Å²) in [6.45, 7) is 3.03. The van der Waals surface area contributed by atoms with Crippen molar-refractivity contribution in [3.63, 3.8) is 0 Å². The molecule has 0 bridgehead atoms. The Bertz CT molecular complexity index is 986. The first kappa shape index (κ1) is 19.3. The topological polar surface area (TPSA) is 71.3 Å². The molecule has 3 aromatic rings. The van der Waals surface area contributed by atoms with Gasteiger partial charge in [0.2, 0.25) is 17.6 Å². The van der Waals surface area contributed by atoms with Crippen LogP contribution in [0.3, 0.4) is 0 Å². The largest absolute Gasteiger partial charge is 0.337 e. The quantitative estimate of drug-likeness (QED) is 0.697. The number of halogens is 1. The van der Waals surface area contributed by atoms with Crippen molar-refractivity contribution in [2.75, 3.05) is 18.4 Å². The monoisotopic (exact) mass is 394 g/mol. The van der Waals surface area contributed by atoms with Crippen LogP contribution in [0.5, 0.6) is 0 Å². The van der Waals surface area contributed by atoms with E-state index in [0.717, 1.165) is 37.1 Å². The van der Waals surface area contributed by atoms with Gasteiger partial charge in [-0.3, -0.25) is 9.69 Å². The molecule has 0 radical (unpaired) electrons. The number of hydrogen-bond acceptors (Lipinski definition) is 5. The van der Waals surface area contributed by atoms with Gasteiger partial charge in [0, 0.05) is 11.3 Å². The predicted octanol–water partition coefficient (Wildman–Crippen LogP) is 4.35. The number of carbonyl (C=O) groups is 1. The molecule has 150 valence electrons. The molecule has 0 unspecified atom stereocenters. The highest BCUT2D eigenvalue weighted by atomic mass is 19.1. The Morgan fingerprint density at radius 1 is 1.24 bits per heavy atom. The fourth-order valence-electron chi connectivity index (χ4n) is 3.60. The zero-order valence-electron chi connectivity index (χ0n) is 16.3. The molecule has 1 aromatic heterocycles. The van der Waals surface area contributed by atoms with Crippen molar-refractivity contribution in [1.29, 1.82) is 0 Å². The molecule has 1 fully saturated rings. The molecule has 4 rings (SSSR count). The first-order valence-electron chi connectivity index (χ1n) is 9.78. The van der Waals surface area contributed by atoms with E-state index in [1.54, 1.807) is 12.1 Å². The number of benzene rings is 2. The Labute approximate surface area is 168 Å². The van der Waals surface area contributed by atoms with Crippen LogP contribution >= 0.6 is 0 Å². The number of rotatable bonds is 5. The average Bonchev–Trinajstić information content (AvgIpc) is 3.20. The lowest BCUT2D eigenvalue weighted by Gasteiger charge is -2.32. The smallest absolute Gasteiger partial charge is 0.244 e. The van der Waals surface area contributed by atoms with Gasteiger partial charge in [-0.15, -0.1) is 0 Å². The number of nitrogens with one attached hydrogen (secondary N) is 1. The van der Waals surface area contributed by atoms with Gasteiger partial charge in [0.1, 0.15) is 5.82 Å². The third-order valence-electron chi connectivity index (χ3n) is 5.11. The molecule has 29 heavy (non-hydrogen) atoms. The molecule has 2 heterocycles. The van der Waals surface area contributed by atoms with Crippen LogP contribution in [0.25, 0.3) is 11.4 Å². The standard InChI is InChI=1S/C22H23FN4O2/c1-15-8-10-18(11-9-15)24-20(28)14-27-12-3-2-7-19(27)22-25-21(26-29-22)16-5-4-6-17(23)13-16/h4-6,8-11,13,19H,2-3,7,12,14H2,1H3,(H,24,28)/t19-/m0/s1. The summed E-state index contributed by atoms with van der Waals surface area (Å²) in [6, 6.07) is 13.7. The van der Waals surface area contributed by atoms with Crippen molar-refractivity contribution in [1.82, 2.24) is 15.0 Å². The Balaban J connectivity index is 1.46. The van der Waals surface area contributed by atoms with Crippen molar-refractivity contribution in [3.8, 4) is 11.4 Å². The van der Waals surface area contributed by atoms with E-state index >= 15 is 0 Å². The number of anilines is 1. The Kier molecular flexibility index (Phi) is 5.67. The first-order valence-corrected chi connectivity index (χ1v) is 9.78. The number of aryl methyl sites for hydroxylation is 1. The summed E-state index contributed by atoms with van der Waals surface area (Å²) in [7, 11) is 0. The normalized spacial score (nSPS) is 17.2. The third kappa shape index (κ3) is 4.68. The SMILES string of the molecule is Cc1ccc(NC(=O)CN2CCCC[C@H]2c2nc(-c3cccc(F)c3)no2)cc1. The van der Waals surface area contributed by atoms with Gasteiger partial charge in [-0.25, -0.2) is 4.39 Å². The molecule has 2 aromatic carbocycles. The third-order valence-corrected chi connectivity index (χ3v) is 5.11. The minimum Gasteiger partial charge on any atom is -0.337 e. The summed E-state index contributed by atoms with van der Waals surface area (Å²) in [6.07, 6.45) is 2.88. The molecule has 7 heteroatoms. The molecule has 1 aliphatic heterocycles. The number of likely N-dealkylation sites (tertiary alicyclic amines) is 1. The van der Waals surface area contributed by atoms with E-state index in [-0.39, 0.29) is 24.3 Å². The van der Waals surface area contributed by atoms with Gasteiger partial charge in [-0.2, -0.15) is 4.98 Å². The molecule has 1 aliphatic rings. The molecule has 1 saturated heterocycles. The predicted molar refractivity (Wildman–Crippen MR) is 108 cm³/mol. The molecule has 0 saturated carbocycles. The second kappa shape index (κ2) is 8.53. The van der Waals surface area contributed by atoms with Crippen molar-refractivity contribution in [2.45, 2.75) is 32.2 Å². The lowest BCUT2D eigenvalue weighted by Crippen LogP contribution is -2.39. The number of aromatic nitrogens is 2. The fourth-order valence-corrected chi connectivity index (χ4v) is 3.60. The average molecular weight is 394 g/mol. The van der Waals surface area contributed by atoms with E-state index in [0.29, 0.717) is 17.3 Å². The van der Waals surface area contributed by atoms with E-state index in [1.165, 1.54) is 12.1 Å². The first-order chi connectivity index (χ1) is 14.1.